The van der Waals surface area contributed by atoms with E-state index in [4.69, 9.17) is 21.6 Å². The van der Waals surface area contributed by atoms with Crippen molar-refractivity contribution in [2.45, 2.75) is 6.42 Å². The summed E-state index contributed by atoms with van der Waals surface area (Å²) in [7, 11) is 0. The summed E-state index contributed by atoms with van der Waals surface area (Å²) in [5, 5.41) is 9.37. The van der Waals surface area contributed by atoms with Crippen molar-refractivity contribution in [2.75, 3.05) is 18.1 Å². The zero-order chi connectivity index (χ0) is 18.8. The molecule has 0 aliphatic carbocycles. The van der Waals surface area contributed by atoms with Crippen LogP contribution in [0.3, 0.4) is 0 Å². The maximum absolute atomic E-state index is 12.4. The molecular formula is C20H17ClN2O3. The molecule has 2 rings (SSSR count). The van der Waals surface area contributed by atoms with E-state index < -0.39 is 12.6 Å². The van der Waals surface area contributed by atoms with Gasteiger partial charge in [0.05, 0.1) is 12.5 Å². The minimum atomic E-state index is -0.624. The van der Waals surface area contributed by atoms with E-state index in [0.717, 1.165) is 5.56 Å². The predicted molar refractivity (Wildman–Crippen MR) is 100 cm³/mol. The third-order valence-electron chi connectivity index (χ3n) is 3.44. The number of nitrogens with zero attached hydrogens (tertiary/aromatic N) is 2. The average Bonchev–Trinajstić information content (AvgIpc) is 2.67. The Bertz CT molecular complexity index is 811. The number of anilines is 1. The van der Waals surface area contributed by atoms with Crippen LogP contribution in [-0.4, -0.2) is 25.0 Å². The van der Waals surface area contributed by atoms with Crippen LogP contribution >= 0.6 is 11.6 Å². The largest absolute Gasteiger partial charge is 0.452 e. The number of para-hydroxylation sites is 1. The third kappa shape index (κ3) is 6.08. The molecule has 0 saturated carbocycles. The second kappa shape index (κ2) is 10.0. The Labute approximate surface area is 157 Å². The summed E-state index contributed by atoms with van der Waals surface area (Å²) in [4.78, 5) is 25.6. The fourth-order valence-electron chi connectivity index (χ4n) is 2.16. The molecule has 0 saturated heterocycles. The number of rotatable bonds is 7. The SMILES string of the molecule is N#CCCN(C(=O)COC(=O)C=Cc1ccc(Cl)cc1)c1ccccc1. The Hall–Kier alpha value is -3.10. The highest BCUT2D eigenvalue weighted by atomic mass is 35.5. The maximum Gasteiger partial charge on any atom is 0.331 e. The third-order valence-corrected chi connectivity index (χ3v) is 3.69. The molecule has 6 heteroatoms. The van der Waals surface area contributed by atoms with Crippen LogP contribution in [0.1, 0.15) is 12.0 Å². The summed E-state index contributed by atoms with van der Waals surface area (Å²) in [5.74, 6) is -1.01. The number of amides is 1. The van der Waals surface area contributed by atoms with E-state index in [1.807, 2.05) is 12.1 Å². The maximum atomic E-state index is 12.4. The number of ether oxygens (including phenoxy) is 1. The molecule has 0 spiro atoms. The highest BCUT2D eigenvalue weighted by Crippen LogP contribution is 2.14. The lowest BCUT2D eigenvalue weighted by molar-refractivity contribution is -0.142. The minimum absolute atomic E-state index is 0.186. The van der Waals surface area contributed by atoms with Crippen LogP contribution in [0.2, 0.25) is 5.02 Å². The first-order chi connectivity index (χ1) is 12.6. The lowest BCUT2D eigenvalue weighted by Gasteiger charge is -2.21. The van der Waals surface area contributed by atoms with Gasteiger partial charge in [0, 0.05) is 23.3 Å². The van der Waals surface area contributed by atoms with Gasteiger partial charge in [-0.05, 0) is 35.9 Å². The molecule has 1 amide bonds. The van der Waals surface area contributed by atoms with Gasteiger partial charge in [-0.3, -0.25) is 4.79 Å². The van der Waals surface area contributed by atoms with E-state index in [9.17, 15) is 9.59 Å². The van der Waals surface area contributed by atoms with Crippen molar-refractivity contribution in [1.82, 2.24) is 0 Å². The van der Waals surface area contributed by atoms with Crippen LogP contribution < -0.4 is 4.90 Å². The van der Waals surface area contributed by atoms with E-state index in [-0.39, 0.29) is 18.9 Å². The summed E-state index contributed by atoms with van der Waals surface area (Å²) in [6, 6.07) is 17.9. The van der Waals surface area contributed by atoms with E-state index >= 15 is 0 Å². The summed E-state index contributed by atoms with van der Waals surface area (Å²) in [5.41, 5.74) is 1.44. The van der Waals surface area contributed by atoms with Gasteiger partial charge < -0.3 is 9.64 Å². The number of carbonyl (C=O) groups is 2. The first-order valence-electron chi connectivity index (χ1n) is 7.93. The van der Waals surface area contributed by atoms with Gasteiger partial charge in [0.1, 0.15) is 0 Å². The number of benzene rings is 2. The highest BCUT2D eigenvalue weighted by Gasteiger charge is 2.16. The van der Waals surface area contributed by atoms with Crippen LogP contribution in [0, 0.1) is 11.3 Å². The highest BCUT2D eigenvalue weighted by molar-refractivity contribution is 6.30. The number of esters is 1. The summed E-state index contributed by atoms with van der Waals surface area (Å²) >= 11 is 5.80. The first-order valence-corrected chi connectivity index (χ1v) is 8.30. The molecule has 0 radical (unpaired) electrons. The van der Waals surface area contributed by atoms with Crippen molar-refractivity contribution in [3.63, 3.8) is 0 Å². The summed E-state index contributed by atoms with van der Waals surface area (Å²) in [6.07, 6.45) is 3.01. The molecule has 132 valence electrons. The molecule has 0 heterocycles. The number of hydrogen-bond donors (Lipinski definition) is 0. The topological polar surface area (TPSA) is 70.4 Å². The molecule has 0 N–H and O–H groups in total. The van der Waals surface area contributed by atoms with Crippen LogP contribution in [0.15, 0.2) is 60.7 Å². The van der Waals surface area contributed by atoms with Crippen molar-refractivity contribution in [2.24, 2.45) is 0 Å². The van der Waals surface area contributed by atoms with Crippen molar-refractivity contribution in [3.05, 3.63) is 71.3 Å². The molecule has 0 fully saturated rings. The van der Waals surface area contributed by atoms with Crippen LogP contribution in [0.4, 0.5) is 5.69 Å². The zero-order valence-electron chi connectivity index (χ0n) is 14.0. The smallest absolute Gasteiger partial charge is 0.331 e. The Morgan fingerprint density at radius 1 is 1.12 bits per heavy atom. The lowest BCUT2D eigenvalue weighted by atomic mass is 10.2. The van der Waals surface area contributed by atoms with Crippen molar-refractivity contribution in [3.8, 4) is 6.07 Å². The molecule has 5 nitrogen and oxygen atoms in total. The number of carbonyl (C=O) groups excluding carboxylic acids is 2. The van der Waals surface area contributed by atoms with Gasteiger partial charge in [-0.1, -0.05) is 41.9 Å². The molecule has 0 unspecified atom stereocenters. The molecule has 0 atom stereocenters. The fraction of sp³-hybridized carbons (Fsp3) is 0.150. The Morgan fingerprint density at radius 3 is 2.46 bits per heavy atom. The molecule has 2 aromatic carbocycles. The van der Waals surface area contributed by atoms with Gasteiger partial charge in [0.25, 0.3) is 5.91 Å². The van der Waals surface area contributed by atoms with Crippen LogP contribution in [-0.2, 0) is 14.3 Å². The molecule has 0 aliphatic rings. The van der Waals surface area contributed by atoms with E-state index in [0.29, 0.717) is 10.7 Å². The van der Waals surface area contributed by atoms with Gasteiger partial charge in [0.2, 0.25) is 0 Å². The van der Waals surface area contributed by atoms with Gasteiger partial charge >= 0.3 is 5.97 Å². The van der Waals surface area contributed by atoms with Crippen LogP contribution in [0.25, 0.3) is 6.08 Å². The number of halogens is 1. The molecular weight excluding hydrogens is 352 g/mol. The van der Waals surface area contributed by atoms with Crippen molar-refractivity contribution in [1.29, 1.82) is 5.26 Å². The standard InChI is InChI=1S/C20H17ClN2O3/c21-17-10-7-16(8-11-17)9-12-20(25)26-15-19(24)23(14-4-13-22)18-5-2-1-3-6-18/h1-3,5-12H,4,14-15H2. The Kier molecular flexibility index (Phi) is 7.41. The zero-order valence-corrected chi connectivity index (χ0v) is 14.7. The molecule has 26 heavy (non-hydrogen) atoms. The van der Waals surface area contributed by atoms with Gasteiger partial charge in [0.15, 0.2) is 6.61 Å². The van der Waals surface area contributed by atoms with Crippen molar-refractivity contribution >= 4 is 35.2 Å². The van der Waals surface area contributed by atoms with Gasteiger partial charge in [-0.25, -0.2) is 4.79 Å². The molecule has 0 aromatic heterocycles. The second-order valence-electron chi connectivity index (χ2n) is 5.28. The molecule has 0 bridgehead atoms. The van der Waals surface area contributed by atoms with E-state index in [2.05, 4.69) is 0 Å². The fourth-order valence-corrected chi connectivity index (χ4v) is 2.29. The monoisotopic (exact) mass is 368 g/mol. The van der Waals surface area contributed by atoms with Gasteiger partial charge in [-0.2, -0.15) is 5.26 Å². The summed E-state index contributed by atoms with van der Waals surface area (Å²) < 4.78 is 5.01. The Balaban J connectivity index is 1.93. The molecule has 2 aromatic rings. The minimum Gasteiger partial charge on any atom is -0.452 e. The predicted octanol–water partition coefficient (Wildman–Crippen LogP) is 3.84. The lowest BCUT2D eigenvalue weighted by Crippen LogP contribution is -2.35. The number of hydrogen-bond acceptors (Lipinski definition) is 4. The summed E-state index contributed by atoms with van der Waals surface area (Å²) in [6.45, 7) is -0.165. The Morgan fingerprint density at radius 2 is 1.81 bits per heavy atom. The van der Waals surface area contributed by atoms with Crippen LogP contribution in [0.5, 0.6) is 0 Å². The second-order valence-corrected chi connectivity index (χ2v) is 5.72. The van der Waals surface area contributed by atoms with E-state index in [1.54, 1.807) is 54.6 Å². The normalized spacial score (nSPS) is 10.3. The molecule has 0 aliphatic heterocycles. The number of nitriles is 1. The van der Waals surface area contributed by atoms with Crippen molar-refractivity contribution < 1.29 is 14.3 Å². The van der Waals surface area contributed by atoms with E-state index in [1.165, 1.54) is 11.0 Å². The quantitative estimate of drug-likeness (QED) is 0.550. The average molecular weight is 369 g/mol. The van der Waals surface area contributed by atoms with Gasteiger partial charge in [-0.15, -0.1) is 0 Å². The first kappa shape index (κ1) is 19.2.